The van der Waals surface area contributed by atoms with Crippen molar-refractivity contribution in [2.45, 2.75) is 19.3 Å². The van der Waals surface area contributed by atoms with E-state index >= 15 is 0 Å². The number of carbonyl (C=O) groups is 2. The summed E-state index contributed by atoms with van der Waals surface area (Å²) in [5.74, 6) is 0.961. The highest BCUT2D eigenvalue weighted by Gasteiger charge is 2.27. The van der Waals surface area contributed by atoms with E-state index in [0.717, 1.165) is 32.4 Å². The van der Waals surface area contributed by atoms with Crippen molar-refractivity contribution in [2.24, 2.45) is 0 Å². The molecule has 0 radical (unpaired) electrons. The number of rotatable bonds is 4. The third-order valence-corrected chi connectivity index (χ3v) is 6.14. The van der Waals surface area contributed by atoms with Crippen molar-refractivity contribution in [2.75, 3.05) is 59.0 Å². The van der Waals surface area contributed by atoms with Gasteiger partial charge >= 0.3 is 0 Å². The van der Waals surface area contributed by atoms with E-state index in [1.165, 1.54) is 0 Å². The van der Waals surface area contributed by atoms with Crippen molar-refractivity contribution >= 4 is 11.8 Å². The molecule has 9 heteroatoms. The third kappa shape index (κ3) is 6.03. The van der Waals surface area contributed by atoms with E-state index in [0.29, 0.717) is 49.8 Å². The molecule has 1 aromatic heterocycles. The Bertz CT molecular complexity index is 977. The van der Waals surface area contributed by atoms with Crippen LogP contribution >= 0.6 is 0 Å². The maximum Gasteiger partial charge on any atom is 0.259 e. The zero-order valence-corrected chi connectivity index (χ0v) is 19.4. The predicted molar refractivity (Wildman–Crippen MR) is 126 cm³/mol. The number of β-amino-alcohol motifs (C(OH)–C–C–N with tert-alkyl or cyclic N) is 1. The van der Waals surface area contributed by atoms with Crippen LogP contribution in [0.25, 0.3) is 0 Å². The van der Waals surface area contributed by atoms with Gasteiger partial charge in [0.25, 0.3) is 5.91 Å². The summed E-state index contributed by atoms with van der Waals surface area (Å²) >= 11 is 0. The zero-order valence-electron chi connectivity index (χ0n) is 19.4. The van der Waals surface area contributed by atoms with E-state index in [2.05, 4.69) is 9.88 Å². The van der Waals surface area contributed by atoms with E-state index in [9.17, 15) is 9.59 Å². The second-order valence-electron chi connectivity index (χ2n) is 8.49. The fraction of sp³-hybridized carbons (Fsp3) is 0.480. The third-order valence-electron chi connectivity index (χ3n) is 6.14. The zero-order chi connectivity index (χ0) is 23.8. The highest BCUT2D eigenvalue weighted by Crippen LogP contribution is 2.32. The van der Waals surface area contributed by atoms with Gasteiger partial charge in [-0.1, -0.05) is 12.1 Å². The van der Waals surface area contributed by atoms with Gasteiger partial charge < -0.3 is 24.4 Å². The Hall–Kier alpha value is -3.17. The number of para-hydroxylation sites is 2. The number of fused-ring (bicyclic) bond motifs is 2. The molecule has 3 heterocycles. The summed E-state index contributed by atoms with van der Waals surface area (Å²) in [7, 11) is 0. The van der Waals surface area contributed by atoms with Crippen molar-refractivity contribution in [3.8, 4) is 17.4 Å². The van der Waals surface area contributed by atoms with Crippen LogP contribution in [0, 0.1) is 0 Å². The number of pyridine rings is 1. The topological polar surface area (TPSA) is 95.4 Å². The van der Waals surface area contributed by atoms with Crippen LogP contribution in [0.3, 0.4) is 0 Å². The minimum Gasteiger partial charge on any atom is -0.490 e. The lowest BCUT2D eigenvalue weighted by molar-refractivity contribution is -0.133. The fourth-order valence-electron chi connectivity index (χ4n) is 4.20. The van der Waals surface area contributed by atoms with Gasteiger partial charge in [0.15, 0.2) is 11.5 Å². The van der Waals surface area contributed by atoms with Crippen LogP contribution in [0.1, 0.15) is 29.6 Å². The number of ether oxygens (including phenoxy) is 2. The standard InChI is InChI=1S/C25H32N4O5/c30-17-16-27-12-14-28(15-13-27)23(31)19-29-11-4-1-5-18-33-21-8-2-3-9-22(21)34-24-20(25(29)32)7-6-10-26-24/h2-3,6-10,30H,1,4-5,11-19H2. The number of nitrogens with zero attached hydrogens (tertiary/aromatic N) is 4. The van der Waals surface area contributed by atoms with Crippen LogP contribution in [0.5, 0.6) is 17.4 Å². The average Bonchev–Trinajstić information content (AvgIpc) is 2.87. The van der Waals surface area contributed by atoms with Crippen LogP contribution in [0.4, 0.5) is 0 Å². The second-order valence-corrected chi connectivity index (χ2v) is 8.49. The molecule has 0 saturated carbocycles. The van der Waals surface area contributed by atoms with Gasteiger partial charge in [0.1, 0.15) is 12.1 Å². The van der Waals surface area contributed by atoms with Crippen molar-refractivity contribution in [1.82, 2.24) is 19.7 Å². The Morgan fingerprint density at radius 3 is 2.56 bits per heavy atom. The predicted octanol–water partition coefficient (Wildman–Crippen LogP) is 2.02. The molecular formula is C25H32N4O5. The van der Waals surface area contributed by atoms with E-state index < -0.39 is 0 Å². The maximum atomic E-state index is 13.6. The lowest BCUT2D eigenvalue weighted by Crippen LogP contribution is -2.52. The number of carbonyl (C=O) groups excluding carboxylic acids is 2. The molecule has 182 valence electrons. The normalized spacial score (nSPS) is 17.9. The molecule has 0 bridgehead atoms. The molecule has 2 amide bonds. The largest absolute Gasteiger partial charge is 0.490 e. The lowest BCUT2D eigenvalue weighted by Gasteiger charge is -2.35. The van der Waals surface area contributed by atoms with Crippen molar-refractivity contribution in [1.29, 1.82) is 0 Å². The molecule has 0 aliphatic carbocycles. The molecule has 34 heavy (non-hydrogen) atoms. The number of hydrogen-bond donors (Lipinski definition) is 1. The van der Waals surface area contributed by atoms with Crippen molar-refractivity contribution in [3.63, 3.8) is 0 Å². The molecule has 1 aromatic carbocycles. The Morgan fingerprint density at radius 2 is 1.76 bits per heavy atom. The van der Waals surface area contributed by atoms with Crippen LogP contribution in [-0.4, -0.2) is 95.6 Å². The first kappa shape index (κ1) is 24.0. The maximum absolute atomic E-state index is 13.6. The highest BCUT2D eigenvalue weighted by atomic mass is 16.5. The molecule has 9 nitrogen and oxygen atoms in total. The molecule has 4 rings (SSSR count). The first-order valence-corrected chi connectivity index (χ1v) is 11.9. The van der Waals surface area contributed by atoms with Gasteiger partial charge in [-0.25, -0.2) is 4.98 Å². The second kappa shape index (κ2) is 11.8. The first-order valence-electron chi connectivity index (χ1n) is 11.9. The molecule has 2 aromatic rings. The summed E-state index contributed by atoms with van der Waals surface area (Å²) in [6, 6.07) is 10.7. The van der Waals surface area contributed by atoms with Gasteiger partial charge in [-0.05, 0) is 43.5 Å². The molecule has 2 aliphatic rings. The number of aliphatic hydroxyl groups excluding tert-OH is 1. The van der Waals surface area contributed by atoms with Crippen molar-refractivity contribution < 1.29 is 24.2 Å². The van der Waals surface area contributed by atoms with E-state index in [1.807, 2.05) is 18.2 Å². The number of piperazine rings is 1. The fourth-order valence-corrected chi connectivity index (χ4v) is 4.20. The Kier molecular flexibility index (Phi) is 8.32. The monoisotopic (exact) mass is 468 g/mol. The van der Waals surface area contributed by atoms with Crippen LogP contribution in [-0.2, 0) is 4.79 Å². The van der Waals surface area contributed by atoms with Gasteiger partial charge in [0, 0.05) is 45.5 Å². The van der Waals surface area contributed by atoms with E-state index in [1.54, 1.807) is 34.2 Å². The van der Waals surface area contributed by atoms with Crippen LogP contribution < -0.4 is 9.47 Å². The molecule has 2 aliphatic heterocycles. The molecule has 1 fully saturated rings. The van der Waals surface area contributed by atoms with Gasteiger partial charge in [0.2, 0.25) is 11.8 Å². The number of aromatic nitrogens is 1. The Balaban J connectivity index is 1.52. The molecule has 0 unspecified atom stereocenters. The van der Waals surface area contributed by atoms with E-state index in [4.69, 9.17) is 14.6 Å². The Labute approximate surface area is 199 Å². The summed E-state index contributed by atoms with van der Waals surface area (Å²) in [5, 5.41) is 9.13. The van der Waals surface area contributed by atoms with Crippen LogP contribution in [0.15, 0.2) is 42.6 Å². The summed E-state index contributed by atoms with van der Waals surface area (Å²) in [4.78, 5) is 36.5. The molecular weight excluding hydrogens is 436 g/mol. The van der Waals surface area contributed by atoms with Gasteiger partial charge in [-0.15, -0.1) is 0 Å². The number of benzene rings is 1. The summed E-state index contributed by atoms with van der Waals surface area (Å²) in [6.07, 6.45) is 4.06. The first-order chi connectivity index (χ1) is 16.7. The average molecular weight is 469 g/mol. The number of aliphatic hydroxyl groups is 1. The van der Waals surface area contributed by atoms with Crippen molar-refractivity contribution in [3.05, 3.63) is 48.2 Å². The summed E-state index contributed by atoms with van der Waals surface area (Å²) < 4.78 is 11.9. The molecule has 0 atom stereocenters. The summed E-state index contributed by atoms with van der Waals surface area (Å²) in [5.41, 5.74) is 0.317. The summed E-state index contributed by atoms with van der Waals surface area (Å²) in [6.45, 7) is 4.38. The number of amides is 2. The minimum absolute atomic E-state index is 0.0141. The lowest BCUT2D eigenvalue weighted by atomic mass is 10.2. The molecule has 1 saturated heterocycles. The van der Waals surface area contributed by atoms with E-state index in [-0.39, 0.29) is 30.8 Å². The quantitative estimate of drug-likeness (QED) is 0.733. The van der Waals surface area contributed by atoms with Gasteiger partial charge in [0.05, 0.1) is 13.2 Å². The smallest absolute Gasteiger partial charge is 0.259 e. The number of hydrogen-bond acceptors (Lipinski definition) is 7. The highest BCUT2D eigenvalue weighted by molar-refractivity contribution is 5.98. The van der Waals surface area contributed by atoms with Gasteiger partial charge in [-0.2, -0.15) is 0 Å². The minimum atomic E-state index is -0.270. The Morgan fingerprint density at radius 1 is 0.971 bits per heavy atom. The SMILES string of the molecule is O=C(CN1CCCCCOc2ccccc2Oc2ncccc2C1=O)N1CCN(CCO)CC1. The molecule has 1 N–H and O–H groups in total. The van der Waals surface area contributed by atoms with Gasteiger partial charge in [-0.3, -0.25) is 14.5 Å². The molecule has 0 spiro atoms. The van der Waals surface area contributed by atoms with Crippen LogP contribution in [0.2, 0.25) is 0 Å².